The van der Waals surface area contributed by atoms with Crippen molar-refractivity contribution in [2.75, 3.05) is 13.1 Å². The molecule has 1 aliphatic heterocycles. The molecule has 138 valence electrons. The Hall–Kier alpha value is -2.27. The number of nitrogens with one attached hydrogen (secondary N) is 1. The van der Waals surface area contributed by atoms with Gasteiger partial charge in [0.15, 0.2) is 0 Å². The van der Waals surface area contributed by atoms with Gasteiger partial charge in [0.1, 0.15) is 0 Å². The van der Waals surface area contributed by atoms with Gasteiger partial charge >= 0.3 is 0 Å². The number of likely N-dealkylation sites (tertiary alicyclic amines) is 1. The zero-order valence-electron chi connectivity index (χ0n) is 16.1. The van der Waals surface area contributed by atoms with Gasteiger partial charge in [-0.2, -0.15) is 0 Å². The zero-order valence-corrected chi connectivity index (χ0v) is 16.1. The number of hydrogen-bond donors (Lipinski definition) is 1. The summed E-state index contributed by atoms with van der Waals surface area (Å²) in [5.74, 6) is 0.677. The molecule has 0 bridgehead atoms. The second kappa shape index (κ2) is 8.41. The molecule has 0 spiro atoms. The van der Waals surface area contributed by atoms with E-state index in [0.717, 1.165) is 50.4 Å². The highest BCUT2D eigenvalue weighted by atomic mass is 15.2. The Bertz CT molecular complexity index is 702. The van der Waals surface area contributed by atoms with Crippen LogP contribution in [0.1, 0.15) is 42.3 Å². The van der Waals surface area contributed by atoms with E-state index >= 15 is 0 Å². The van der Waals surface area contributed by atoms with Crippen molar-refractivity contribution in [2.45, 2.75) is 52.7 Å². The number of piperidine rings is 1. The van der Waals surface area contributed by atoms with Crippen LogP contribution in [0.4, 0.5) is 0 Å². The van der Waals surface area contributed by atoms with Crippen molar-refractivity contribution >= 4 is 5.84 Å². The van der Waals surface area contributed by atoms with E-state index in [2.05, 4.69) is 45.7 Å². The minimum Gasteiger partial charge on any atom is -0.361 e. The zero-order chi connectivity index (χ0) is 18.5. The summed E-state index contributed by atoms with van der Waals surface area (Å²) in [4.78, 5) is 13.9. The molecule has 1 saturated heterocycles. The maximum Gasteiger partial charge on any atom is 0.0925 e. The Morgan fingerprint density at radius 2 is 1.54 bits per heavy atom. The van der Waals surface area contributed by atoms with E-state index in [1.165, 1.54) is 11.1 Å². The Balaban J connectivity index is 1.79. The largest absolute Gasteiger partial charge is 0.361 e. The first kappa shape index (κ1) is 18.5. The smallest absolute Gasteiger partial charge is 0.0925 e. The lowest BCUT2D eigenvalue weighted by Crippen LogP contribution is -2.45. The standard InChI is InChI=1S/C21H29N5/c1-16-6-4-10-23-20(16)14-26(15-21-17(2)7-5-11-24-21)19-8-12-25(13-9-19)18(3)22/h4-7,10-11,19,22H,8-9,12-15H2,1-3H3. The number of hydrogen-bond acceptors (Lipinski definition) is 4. The van der Waals surface area contributed by atoms with Gasteiger partial charge in [0.25, 0.3) is 0 Å². The molecule has 1 fully saturated rings. The quantitative estimate of drug-likeness (QED) is 0.661. The van der Waals surface area contributed by atoms with Crippen LogP contribution >= 0.6 is 0 Å². The highest BCUT2D eigenvalue weighted by Gasteiger charge is 2.26. The third kappa shape index (κ3) is 4.47. The summed E-state index contributed by atoms with van der Waals surface area (Å²) in [6.07, 6.45) is 5.92. The van der Waals surface area contributed by atoms with Crippen molar-refractivity contribution in [3.63, 3.8) is 0 Å². The molecule has 0 saturated carbocycles. The fraction of sp³-hybridized carbons (Fsp3) is 0.476. The van der Waals surface area contributed by atoms with Crippen LogP contribution in [-0.4, -0.2) is 44.7 Å². The first-order chi connectivity index (χ1) is 12.5. The summed E-state index contributed by atoms with van der Waals surface area (Å²) in [6.45, 7) is 9.75. The van der Waals surface area contributed by atoms with Crippen LogP contribution in [0.5, 0.6) is 0 Å². The molecule has 3 rings (SSSR count). The molecule has 2 aromatic rings. The van der Waals surface area contributed by atoms with Crippen LogP contribution in [-0.2, 0) is 13.1 Å². The summed E-state index contributed by atoms with van der Waals surface area (Å²) in [6, 6.07) is 8.75. The predicted octanol–water partition coefficient (Wildman–Crippen LogP) is 3.56. The van der Waals surface area contributed by atoms with E-state index in [9.17, 15) is 0 Å². The molecular formula is C21H29N5. The molecule has 1 aliphatic rings. The van der Waals surface area contributed by atoms with Crippen molar-refractivity contribution in [3.8, 4) is 0 Å². The fourth-order valence-corrected chi connectivity index (χ4v) is 3.63. The van der Waals surface area contributed by atoms with Gasteiger partial charge in [0.2, 0.25) is 0 Å². The monoisotopic (exact) mass is 351 g/mol. The molecule has 1 N–H and O–H groups in total. The highest BCUT2D eigenvalue weighted by Crippen LogP contribution is 2.22. The van der Waals surface area contributed by atoms with E-state index in [1.807, 2.05) is 31.5 Å². The Morgan fingerprint density at radius 1 is 1.04 bits per heavy atom. The van der Waals surface area contributed by atoms with Crippen molar-refractivity contribution in [3.05, 3.63) is 59.2 Å². The molecular weight excluding hydrogens is 322 g/mol. The summed E-state index contributed by atoms with van der Waals surface area (Å²) in [7, 11) is 0. The van der Waals surface area contributed by atoms with Crippen molar-refractivity contribution < 1.29 is 0 Å². The number of aryl methyl sites for hydroxylation is 2. The van der Waals surface area contributed by atoms with Crippen molar-refractivity contribution in [1.82, 2.24) is 19.8 Å². The van der Waals surface area contributed by atoms with Gasteiger partial charge < -0.3 is 4.90 Å². The Kier molecular flexibility index (Phi) is 5.99. The van der Waals surface area contributed by atoms with Gasteiger partial charge in [-0.15, -0.1) is 0 Å². The van der Waals surface area contributed by atoms with Crippen LogP contribution in [0, 0.1) is 19.3 Å². The molecule has 2 aromatic heterocycles. The van der Waals surface area contributed by atoms with Crippen LogP contribution < -0.4 is 0 Å². The van der Waals surface area contributed by atoms with Gasteiger partial charge in [-0.25, -0.2) is 0 Å². The van der Waals surface area contributed by atoms with Crippen LogP contribution in [0.2, 0.25) is 0 Å². The van der Waals surface area contributed by atoms with Crippen molar-refractivity contribution in [1.29, 1.82) is 5.41 Å². The van der Waals surface area contributed by atoms with E-state index in [4.69, 9.17) is 5.41 Å². The molecule has 0 unspecified atom stereocenters. The maximum absolute atomic E-state index is 7.87. The first-order valence-electron chi connectivity index (χ1n) is 9.39. The second-order valence-electron chi connectivity index (χ2n) is 7.24. The van der Waals surface area contributed by atoms with Gasteiger partial charge in [-0.1, -0.05) is 12.1 Å². The summed E-state index contributed by atoms with van der Waals surface area (Å²) in [5, 5.41) is 7.87. The van der Waals surface area contributed by atoms with Gasteiger partial charge in [0.05, 0.1) is 17.2 Å². The Morgan fingerprint density at radius 3 is 1.96 bits per heavy atom. The molecule has 0 radical (unpaired) electrons. The number of pyridine rings is 2. The minimum absolute atomic E-state index is 0.494. The molecule has 0 aliphatic carbocycles. The molecule has 5 heteroatoms. The van der Waals surface area contributed by atoms with Gasteiger partial charge in [0, 0.05) is 44.6 Å². The van der Waals surface area contributed by atoms with E-state index < -0.39 is 0 Å². The predicted molar refractivity (Wildman–Crippen MR) is 105 cm³/mol. The van der Waals surface area contributed by atoms with Crippen LogP contribution in [0.15, 0.2) is 36.7 Å². The van der Waals surface area contributed by atoms with Crippen LogP contribution in [0.25, 0.3) is 0 Å². The minimum atomic E-state index is 0.494. The van der Waals surface area contributed by atoms with Crippen molar-refractivity contribution in [2.24, 2.45) is 0 Å². The molecule has 0 aromatic carbocycles. The maximum atomic E-state index is 7.87. The average molecular weight is 351 g/mol. The highest BCUT2D eigenvalue weighted by molar-refractivity contribution is 5.76. The number of aromatic nitrogens is 2. The summed E-state index contributed by atoms with van der Waals surface area (Å²) in [5.41, 5.74) is 4.77. The topological polar surface area (TPSA) is 56.1 Å². The number of rotatable bonds is 5. The molecule has 3 heterocycles. The first-order valence-corrected chi connectivity index (χ1v) is 9.39. The molecule has 5 nitrogen and oxygen atoms in total. The fourth-order valence-electron chi connectivity index (χ4n) is 3.63. The number of nitrogens with zero attached hydrogens (tertiary/aromatic N) is 4. The van der Waals surface area contributed by atoms with E-state index in [0.29, 0.717) is 11.9 Å². The number of amidine groups is 1. The normalized spacial score (nSPS) is 15.5. The van der Waals surface area contributed by atoms with E-state index in [1.54, 1.807) is 0 Å². The lowest BCUT2D eigenvalue weighted by molar-refractivity contribution is 0.118. The summed E-state index contributed by atoms with van der Waals surface area (Å²) >= 11 is 0. The lowest BCUT2D eigenvalue weighted by atomic mass is 10.0. The molecule has 26 heavy (non-hydrogen) atoms. The van der Waals surface area contributed by atoms with Crippen LogP contribution in [0.3, 0.4) is 0 Å². The van der Waals surface area contributed by atoms with E-state index in [-0.39, 0.29) is 0 Å². The third-order valence-corrected chi connectivity index (χ3v) is 5.40. The summed E-state index contributed by atoms with van der Waals surface area (Å²) < 4.78 is 0. The average Bonchev–Trinajstić information content (AvgIpc) is 2.64. The second-order valence-corrected chi connectivity index (χ2v) is 7.24. The SMILES string of the molecule is CC(=N)N1CCC(N(Cc2ncccc2C)Cc2ncccc2C)CC1. The molecule has 0 atom stereocenters. The Labute approximate surface area is 156 Å². The van der Waals surface area contributed by atoms with Gasteiger partial charge in [-0.3, -0.25) is 20.3 Å². The third-order valence-electron chi connectivity index (χ3n) is 5.40. The molecule has 0 amide bonds. The lowest BCUT2D eigenvalue weighted by Gasteiger charge is -2.39. The van der Waals surface area contributed by atoms with Gasteiger partial charge in [-0.05, 0) is 56.9 Å².